The molecule has 3 rings (SSSR count). The molecule has 0 saturated heterocycles. The van der Waals surface area contributed by atoms with E-state index in [1.165, 1.54) is 6.08 Å². The molecule has 1 aromatic heterocycles. The summed E-state index contributed by atoms with van der Waals surface area (Å²) in [4.78, 5) is 22.0. The number of benzene rings is 2. The van der Waals surface area contributed by atoms with Crippen LogP contribution in [0.15, 0.2) is 59.0 Å². The third-order valence-corrected chi connectivity index (χ3v) is 4.03. The minimum absolute atomic E-state index is 0.294. The number of rotatable bonds is 5. The monoisotopic (exact) mass is 420 g/mol. The molecule has 1 amide bonds. The van der Waals surface area contributed by atoms with Gasteiger partial charge in [-0.25, -0.2) is 4.39 Å². The normalized spacial score (nSPS) is 11.0. The second kappa shape index (κ2) is 8.24. The lowest BCUT2D eigenvalue weighted by atomic mass is 10.2. The molecule has 0 unspecified atom stereocenters. The van der Waals surface area contributed by atoms with Crippen LogP contribution in [0.5, 0.6) is 0 Å². The smallest absolute Gasteiger partial charge is 0.271 e. The van der Waals surface area contributed by atoms with Crippen molar-refractivity contribution < 1.29 is 18.5 Å². The van der Waals surface area contributed by atoms with E-state index in [1.807, 2.05) is 0 Å². The molecule has 6 nitrogen and oxygen atoms in total. The molecule has 3 aromatic rings. The van der Waals surface area contributed by atoms with Crippen LogP contribution in [0.3, 0.4) is 0 Å². The van der Waals surface area contributed by atoms with Crippen LogP contribution < -0.4 is 5.32 Å². The zero-order valence-corrected chi connectivity index (χ0v) is 15.5. The first-order valence-corrected chi connectivity index (χ1v) is 8.57. The number of furan rings is 1. The van der Waals surface area contributed by atoms with Gasteiger partial charge in [0.05, 0.1) is 10.6 Å². The van der Waals surface area contributed by atoms with E-state index in [2.05, 4.69) is 5.32 Å². The van der Waals surface area contributed by atoms with Crippen LogP contribution in [0.25, 0.3) is 17.4 Å². The Labute approximate surface area is 168 Å². The Morgan fingerprint density at radius 3 is 2.50 bits per heavy atom. The van der Waals surface area contributed by atoms with Gasteiger partial charge in [0, 0.05) is 33.8 Å². The van der Waals surface area contributed by atoms with Crippen molar-refractivity contribution in [2.24, 2.45) is 0 Å². The van der Waals surface area contributed by atoms with Gasteiger partial charge in [0.15, 0.2) is 0 Å². The summed E-state index contributed by atoms with van der Waals surface area (Å²) < 4.78 is 19.3. The molecule has 0 aliphatic carbocycles. The van der Waals surface area contributed by atoms with Crippen molar-refractivity contribution in [3.8, 4) is 11.3 Å². The van der Waals surface area contributed by atoms with Crippen molar-refractivity contribution in [1.82, 2.24) is 0 Å². The van der Waals surface area contributed by atoms with Crippen LogP contribution >= 0.6 is 23.2 Å². The Kier molecular flexibility index (Phi) is 5.77. The van der Waals surface area contributed by atoms with Crippen LogP contribution in [0.1, 0.15) is 5.76 Å². The van der Waals surface area contributed by atoms with Gasteiger partial charge in [-0.15, -0.1) is 0 Å². The number of nitro groups is 1. The number of carbonyl (C=O) groups excluding carboxylic acids is 1. The predicted molar refractivity (Wildman–Crippen MR) is 105 cm³/mol. The van der Waals surface area contributed by atoms with Gasteiger partial charge in [-0.3, -0.25) is 14.9 Å². The number of amides is 1. The topological polar surface area (TPSA) is 85.4 Å². The average Bonchev–Trinajstić information content (AvgIpc) is 3.10. The highest BCUT2D eigenvalue weighted by Gasteiger charge is 2.12. The van der Waals surface area contributed by atoms with Crippen LogP contribution in [0, 0.1) is 15.9 Å². The number of hydrogen-bond acceptors (Lipinski definition) is 4. The van der Waals surface area contributed by atoms with Gasteiger partial charge in [-0.05, 0) is 42.5 Å². The van der Waals surface area contributed by atoms with Crippen LogP contribution in [-0.4, -0.2) is 10.8 Å². The van der Waals surface area contributed by atoms with Gasteiger partial charge in [0.2, 0.25) is 5.91 Å². The largest absolute Gasteiger partial charge is 0.457 e. The molecule has 0 saturated carbocycles. The zero-order valence-electron chi connectivity index (χ0n) is 14.0. The third kappa shape index (κ3) is 4.76. The number of carbonyl (C=O) groups is 1. The van der Waals surface area contributed by atoms with E-state index in [4.69, 9.17) is 27.6 Å². The van der Waals surface area contributed by atoms with Crippen molar-refractivity contribution in [3.63, 3.8) is 0 Å². The molecule has 1 N–H and O–H groups in total. The lowest BCUT2D eigenvalue weighted by Gasteiger charge is -2.03. The maximum Gasteiger partial charge on any atom is 0.271 e. The number of nitrogens with one attached hydrogen (secondary N) is 1. The van der Waals surface area contributed by atoms with Gasteiger partial charge in [-0.1, -0.05) is 23.2 Å². The Balaban J connectivity index is 1.72. The fourth-order valence-corrected chi connectivity index (χ4v) is 2.87. The lowest BCUT2D eigenvalue weighted by Crippen LogP contribution is -2.09. The van der Waals surface area contributed by atoms with Gasteiger partial charge in [0.25, 0.3) is 5.69 Å². The summed E-state index contributed by atoms with van der Waals surface area (Å²) in [5.74, 6) is -0.608. The summed E-state index contributed by atoms with van der Waals surface area (Å²) in [5, 5.41) is 13.9. The molecule has 0 bridgehead atoms. The van der Waals surface area contributed by atoms with E-state index in [9.17, 15) is 19.3 Å². The second-order valence-corrected chi connectivity index (χ2v) is 6.48. The standard InChI is InChI=1S/C19H11Cl2FN2O4/c20-12-7-11(8-13(21)9-12)18-5-2-15(28-18)3-6-19(25)23-17-10-14(24(26)27)1-4-16(17)22/h1-10H,(H,23,25). The van der Waals surface area contributed by atoms with Crippen LogP contribution in [0.2, 0.25) is 10.0 Å². The van der Waals surface area contributed by atoms with Crippen molar-refractivity contribution in [2.75, 3.05) is 5.32 Å². The molecule has 0 spiro atoms. The zero-order chi connectivity index (χ0) is 20.3. The molecule has 0 atom stereocenters. The number of hydrogen-bond donors (Lipinski definition) is 1. The van der Waals surface area contributed by atoms with Crippen molar-refractivity contribution >= 4 is 46.6 Å². The van der Waals surface area contributed by atoms with Gasteiger partial charge in [0.1, 0.15) is 17.3 Å². The highest BCUT2D eigenvalue weighted by Crippen LogP contribution is 2.29. The average molecular weight is 421 g/mol. The fraction of sp³-hybridized carbons (Fsp3) is 0. The molecular weight excluding hydrogens is 410 g/mol. The number of nitrogens with zero attached hydrogens (tertiary/aromatic N) is 1. The lowest BCUT2D eigenvalue weighted by molar-refractivity contribution is -0.384. The highest BCUT2D eigenvalue weighted by molar-refractivity contribution is 6.35. The maximum absolute atomic E-state index is 13.7. The van der Waals surface area contributed by atoms with Gasteiger partial charge >= 0.3 is 0 Å². The van der Waals surface area contributed by atoms with E-state index in [0.717, 1.165) is 24.3 Å². The molecule has 0 aliphatic heterocycles. The van der Waals surface area contributed by atoms with Gasteiger partial charge in [-0.2, -0.15) is 0 Å². The molecular formula is C19H11Cl2FN2O4. The van der Waals surface area contributed by atoms with Crippen LogP contribution in [0.4, 0.5) is 15.8 Å². The molecule has 2 aromatic carbocycles. The van der Waals surface area contributed by atoms with E-state index in [-0.39, 0.29) is 11.4 Å². The second-order valence-electron chi connectivity index (χ2n) is 5.60. The fourth-order valence-electron chi connectivity index (χ4n) is 2.35. The highest BCUT2D eigenvalue weighted by atomic mass is 35.5. The molecule has 0 radical (unpaired) electrons. The predicted octanol–water partition coefficient (Wildman–Crippen LogP) is 5.95. The van der Waals surface area contributed by atoms with E-state index >= 15 is 0 Å². The first-order valence-electron chi connectivity index (χ1n) is 7.81. The molecule has 0 fully saturated rings. The van der Waals surface area contributed by atoms with E-state index in [0.29, 0.717) is 27.1 Å². The first kappa shape index (κ1) is 19.6. The SMILES string of the molecule is O=C(C=Cc1ccc(-c2cc(Cl)cc(Cl)c2)o1)Nc1cc([N+](=O)[O-])ccc1F. The number of anilines is 1. The molecule has 0 aliphatic rings. The quantitative estimate of drug-likeness (QED) is 0.313. The summed E-state index contributed by atoms with van der Waals surface area (Å²) in [6.45, 7) is 0. The minimum Gasteiger partial charge on any atom is -0.457 e. The summed E-state index contributed by atoms with van der Waals surface area (Å²) in [6.07, 6.45) is 2.49. The summed E-state index contributed by atoms with van der Waals surface area (Å²) in [5.41, 5.74) is 0.0364. The molecule has 142 valence electrons. The van der Waals surface area contributed by atoms with E-state index < -0.39 is 16.6 Å². The Morgan fingerprint density at radius 2 is 1.82 bits per heavy atom. The van der Waals surface area contributed by atoms with E-state index in [1.54, 1.807) is 30.3 Å². The number of nitro benzene ring substituents is 1. The molecule has 9 heteroatoms. The third-order valence-electron chi connectivity index (χ3n) is 3.59. The Morgan fingerprint density at radius 1 is 1.11 bits per heavy atom. The van der Waals surface area contributed by atoms with Crippen LogP contribution in [-0.2, 0) is 4.79 Å². The summed E-state index contributed by atoms with van der Waals surface area (Å²) in [6, 6.07) is 11.1. The molecule has 28 heavy (non-hydrogen) atoms. The summed E-state index contributed by atoms with van der Waals surface area (Å²) in [7, 11) is 0. The summed E-state index contributed by atoms with van der Waals surface area (Å²) >= 11 is 11.9. The maximum atomic E-state index is 13.7. The Hall–Kier alpha value is -3.16. The van der Waals surface area contributed by atoms with Crippen molar-refractivity contribution in [2.45, 2.75) is 0 Å². The van der Waals surface area contributed by atoms with Crippen molar-refractivity contribution in [1.29, 1.82) is 0 Å². The minimum atomic E-state index is -0.787. The number of halogens is 3. The van der Waals surface area contributed by atoms with Crippen molar-refractivity contribution in [3.05, 3.63) is 86.3 Å². The van der Waals surface area contributed by atoms with Gasteiger partial charge < -0.3 is 9.73 Å². The number of non-ortho nitro benzene ring substituents is 1. The Bertz CT molecular complexity index is 1080. The molecule has 1 heterocycles. The first-order chi connectivity index (χ1) is 13.3.